The third-order valence-corrected chi connectivity index (χ3v) is 6.58. The largest absolute Gasteiger partial charge is 0.325 e. The van der Waals surface area contributed by atoms with E-state index in [-0.39, 0.29) is 17.9 Å². The fourth-order valence-electron chi connectivity index (χ4n) is 4.74. The number of rotatable bonds is 5. The first-order valence-electron chi connectivity index (χ1n) is 10.8. The highest BCUT2D eigenvalue weighted by molar-refractivity contribution is 6.01. The minimum Gasteiger partial charge on any atom is -0.325 e. The molecule has 1 aliphatic heterocycles. The second kappa shape index (κ2) is 7.63. The SMILES string of the molecule is O=C1N=NC(Cc2cccc(NC(=O)C3(c4ccccc4)CC3)c2)C2=C1CCCC2. The molecule has 0 spiro atoms. The summed E-state index contributed by atoms with van der Waals surface area (Å²) in [5.41, 5.74) is 4.63. The number of carbonyl (C=O) groups excluding carboxylic acids is 2. The second-order valence-electron chi connectivity index (χ2n) is 8.55. The number of hydrogen-bond acceptors (Lipinski definition) is 3. The minimum atomic E-state index is -0.392. The minimum absolute atomic E-state index is 0.0612. The van der Waals surface area contributed by atoms with Crippen molar-refractivity contribution in [2.45, 2.75) is 56.4 Å². The zero-order valence-electron chi connectivity index (χ0n) is 16.9. The van der Waals surface area contributed by atoms with Gasteiger partial charge in [-0.2, -0.15) is 5.11 Å². The summed E-state index contributed by atoms with van der Waals surface area (Å²) in [5, 5.41) is 11.3. The molecule has 0 radical (unpaired) electrons. The van der Waals surface area contributed by atoms with Gasteiger partial charge in [-0.15, -0.1) is 5.11 Å². The van der Waals surface area contributed by atoms with E-state index in [2.05, 4.69) is 21.6 Å². The lowest BCUT2D eigenvalue weighted by atomic mass is 9.84. The van der Waals surface area contributed by atoms with E-state index < -0.39 is 5.41 Å². The molecule has 152 valence electrons. The number of nitrogens with one attached hydrogen (secondary N) is 1. The maximum atomic E-state index is 13.0. The summed E-state index contributed by atoms with van der Waals surface area (Å²) in [6.45, 7) is 0. The average molecular weight is 399 g/mol. The van der Waals surface area contributed by atoms with Crippen LogP contribution in [0.4, 0.5) is 5.69 Å². The highest BCUT2D eigenvalue weighted by atomic mass is 16.2. The number of hydrogen-bond donors (Lipinski definition) is 1. The van der Waals surface area contributed by atoms with Crippen molar-refractivity contribution >= 4 is 17.5 Å². The molecule has 2 aromatic carbocycles. The van der Waals surface area contributed by atoms with Crippen molar-refractivity contribution in [2.24, 2.45) is 10.2 Å². The van der Waals surface area contributed by atoms with Gasteiger partial charge < -0.3 is 5.32 Å². The van der Waals surface area contributed by atoms with E-state index in [9.17, 15) is 9.59 Å². The Balaban J connectivity index is 1.32. The first-order chi connectivity index (χ1) is 14.7. The maximum Gasteiger partial charge on any atom is 0.291 e. The van der Waals surface area contributed by atoms with E-state index >= 15 is 0 Å². The van der Waals surface area contributed by atoms with Gasteiger partial charge in [0, 0.05) is 17.7 Å². The number of carbonyl (C=O) groups is 2. The van der Waals surface area contributed by atoms with Crippen LogP contribution >= 0.6 is 0 Å². The van der Waals surface area contributed by atoms with Crippen molar-refractivity contribution in [3.63, 3.8) is 0 Å². The molecule has 0 saturated heterocycles. The molecule has 5 rings (SSSR count). The van der Waals surface area contributed by atoms with Gasteiger partial charge in [-0.3, -0.25) is 9.59 Å². The fraction of sp³-hybridized carbons (Fsp3) is 0.360. The molecule has 2 aromatic rings. The first-order valence-corrected chi connectivity index (χ1v) is 10.8. The third-order valence-electron chi connectivity index (χ3n) is 6.58. The van der Waals surface area contributed by atoms with Gasteiger partial charge in [0.15, 0.2) is 0 Å². The smallest absolute Gasteiger partial charge is 0.291 e. The first kappa shape index (κ1) is 18.9. The van der Waals surface area contributed by atoms with Gasteiger partial charge in [-0.25, -0.2) is 0 Å². The van der Waals surface area contributed by atoms with Gasteiger partial charge in [0.1, 0.15) is 0 Å². The van der Waals surface area contributed by atoms with Crippen LogP contribution < -0.4 is 5.32 Å². The molecular weight excluding hydrogens is 374 g/mol. The molecule has 1 unspecified atom stereocenters. The molecule has 1 atom stereocenters. The quantitative estimate of drug-likeness (QED) is 0.757. The number of nitrogens with zero attached hydrogens (tertiary/aromatic N) is 2. The van der Waals surface area contributed by atoms with Crippen LogP contribution in [0.1, 0.15) is 49.7 Å². The van der Waals surface area contributed by atoms with Gasteiger partial charge in [0.05, 0.1) is 11.5 Å². The summed E-state index contributed by atoms with van der Waals surface area (Å²) in [6, 6.07) is 17.9. The van der Waals surface area contributed by atoms with Crippen molar-refractivity contribution in [2.75, 3.05) is 5.32 Å². The van der Waals surface area contributed by atoms with Crippen LogP contribution in [0.25, 0.3) is 0 Å². The van der Waals surface area contributed by atoms with Crippen molar-refractivity contribution in [3.8, 4) is 0 Å². The Labute approximate surface area is 176 Å². The van der Waals surface area contributed by atoms with Gasteiger partial charge in [0.2, 0.25) is 5.91 Å². The molecule has 1 fully saturated rings. The van der Waals surface area contributed by atoms with E-state index in [1.54, 1.807) is 0 Å². The topological polar surface area (TPSA) is 70.9 Å². The van der Waals surface area contributed by atoms with Crippen LogP contribution in [0.15, 0.2) is 76.0 Å². The van der Waals surface area contributed by atoms with Crippen LogP contribution in [-0.4, -0.2) is 17.9 Å². The second-order valence-corrected chi connectivity index (χ2v) is 8.55. The highest BCUT2D eigenvalue weighted by Crippen LogP contribution is 2.49. The summed E-state index contributed by atoms with van der Waals surface area (Å²) in [7, 11) is 0. The summed E-state index contributed by atoms with van der Waals surface area (Å²) in [6.07, 6.45) is 6.38. The molecule has 30 heavy (non-hydrogen) atoms. The molecule has 2 aliphatic carbocycles. The fourth-order valence-corrected chi connectivity index (χ4v) is 4.74. The van der Waals surface area contributed by atoms with Crippen LogP contribution in [0.5, 0.6) is 0 Å². The van der Waals surface area contributed by atoms with Gasteiger partial charge in [0.25, 0.3) is 5.91 Å². The zero-order valence-corrected chi connectivity index (χ0v) is 16.9. The monoisotopic (exact) mass is 399 g/mol. The normalized spacial score (nSPS) is 21.9. The molecule has 0 aromatic heterocycles. The summed E-state index contributed by atoms with van der Waals surface area (Å²) in [5.74, 6) is -0.0938. The number of anilines is 1. The average Bonchev–Trinajstić information content (AvgIpc) is 3.59. The van der Waals surface area contributed by atoms with E-state index in [4.69, 9.17) is 0 Å². The predicted molar refractivity (Wildman–Crippen MR) is 115 cm³/mol. The molecule has 5 nitrogen and oxygen atoms in total. The van der Waals surface area contributed by atoms with Crippen LogP contribution in [0.2, 0.25) is 0 Å². The third kappa shape index (κ3) is 3.49. The van der Waals surface area contributed by atoms with Crippen LogP contribution in [0, 0.1) is 0 Å². The number of benzene rings is 2. The molecule has 5 heteroatoms. The Bertz CT molecular complexity index is 1050. The van der Waals surface area contributed by atoms with Crippen molar-refractivity contribution in [1.29, 1.82) is 0 Å². The Morgan fingerprint density at radius 1 is 1.03 bits per heavy atom. The van der Waals surface area contributed by atoms with E-state index in [1.165, 1.54) is 0 Å². The Morgan fingerprint density at radius 2 is 1.83 bits per heavy atom. The van der Waals surface area contributed by atoms with E-state index in [0.717, 1.165) is 66.5 Å². The van der Waals surface area contributed by atoms with Gasteiger partial charge in [-0.1, -0.05) is 42.5 Å². The maximum absolute atomic E-state index is 13.0. The lowest BCUT2D eigenvalue weighted by molar-refractivity contribution is -0.118. The van der Waals surface area contributed by atoms with Gasteiger partial charge >= 0.3 is 0 Å². The summed E-state index contributed by atoms with van der Waals surface area (Å²) >= 11 is 0. The predicted octanol–water partition coefficient (Wildman–Crippen LogP) is 5.13. The Hall–Kier alpha value is -3.08. The standard InChI is InChI=1S/C25H25N3O2/c29-23-21-12-5-4-11-20(21)22(27-28-23)16-17-7-6-10-19(15-17)26-24(30)25(13-14-25)18-8-2-1-3-9-18/h1-3,6-10,15,22H,4-5,11-14,16H2,(H,26,30). The molecular formula is C25H25N3O2. The molecule has 1 N–H and O–H groups in total. The van der Waals surface area contributed by atoms with Gasteiger partial charge in [-0.05, 0) is 67.4 Å². The summed E-state index contributed by atoms with van der Waals surface area (Å²) < 4.78 is 0. The highest BCUT2D eigenvalue weighted by Gasteiger charge is 2.51. The van der Waals surface area contributed by atoms with Crippen molar-refractivity contribution < 1.29 is 9.59 Å². The van der Waals surface area contributed by atoms with Crippen LogP contribution in [-0.2, 0) is 21.4 Å². The summed E-state index contributed by atoms with van der Waals surface area (Å²) in [4.78, 5) is 25.1. The lowest BCUT2D eigenvalue weighted by Crippen LogP contribution is -2.27. The van der Waals surface area contributed by atoms with Crippen molar-refractivity contribution in [3.05, 3.63) is 76.9 Å². The Kier molecular flexibility index (Phi) is 4.81. The number of azo groups is 1. The Morgan fingerprint density at radius 3 is 2.63 bits per heavy atom. The molecule has 2 amide bonds. The molecule has 1 heterocycles. The lowest BCUT2D eigenvalue weighted by Gasteiger charge is -2.26. The van der Waals surface area contributed by atoms with Crippen molar-refractivity contribution in [1.82, 2.24) is 0 Å². The van der Waals surface area contributed by atoms with E-state index in [1.807, 2.05) is 48.5 Å². The zero-order chi connectivity index (χ0) is 20.6. The molecule has 3 aliphatic rings. The molecule has 0 bridgehead atoms. The number of amides is 2. The van der Waals surface area contributed by atoms with E-state index in [0.29, 0.717) is 6.42 Å². The molecule has 1 saturated carbocycles. The van der Waals surface area contributed by atoms with Crippen LogP contribution in [0.3, 0.4) is 0 Å².